The SMILES string of the molecule is [C]1=CC=C2OCC=C2C1. The summed E-state index contributed by atoms with van der Waals surface area (Å²) in [6.07, 6.45) is 10.0. The molecule has 9 heavy (non-hydrogen) atoms. The second kappa shape index (κ2) is 1.76. The maximum absolute atomic E-state index is 5.25. The average Bonchev–Trinajstić information content (AvgIpc) is 2.33. The molecule has 0 bridgehead atoms. The fourth-order valence-electron chi connectivity index (χ4n) is 1.04. The minimum absolute atomic E-state index is 0.747. The second-order valence-corrected chi connectivity index (χ2v) is 2.12. The molecule has 2 aliphatic rings. The minimum atomic E-state index is 0.747. The van der Waals surface area contributed by atoms with Crippen LogP contribution in [-0.2, 0) is 4.74 Å². The summed E-state index contributed by atoms with van der Waals surface area (Å²) in [4.78, 5) is 0. The van der Waals surface area contributed by atoms with Gasteiger partial charge in [-0.1, -0.05) is 6.08 Å². The maximum Gasteiger partial charge on any atom is 0.123 e. The maximum atomic E-state index is 5.25. The zero-order valence-electron chi connectivity index (χ0n) is 5.05. The van der Waals surface area contributed by atoms with Crippen LogP contribution < -0.4 is 0 Å². The zero-order valence-corrected chi connectivity index (χ0v) is 5.05. The highest BCUT2D eigenvalue weighted by molar-refractivity contribution is 5.36. The molecule has 1 heterocycles. The molecule has 0 aromatic rings. The van der Waals surface area contributed by atoms with Crippen LogP contribution in [0.5, 0.6) is 0 Å². The molecule has 0 unspecified atom stereocenters. The molecule has 0 aromatic heterocycles. The van der Waals surface area contributed by atoms with Gasteiger partial charge in [0.15, 0.2) is 0 Å². The van der Waals surface area contributed by atoms with Crippen molar-refractivity contribution in [2.45, 2.75) is 6.42 Å². The Hall–Kier alpha value is -0.980. The van der Waals surface area contributed by atoms with Gasteiger partial charge >= 0.3 is 0 Å². The highest BCUT2D eigenvalue weighted by Gasteiger charge is 2.12. The third-order valence-electron chi connectivity index (χ3n) is 1.53. The quantitative estimate of drug-likeness (QED) is 0.470. The first kappa shape index (κ1) is 4.86. The molecule has 1 aliphatic carbocycles. The third kappa shape index (κ3) is 0.689. The van der Waals surface area contributed by atoms with E-state index in [4.69, 9.17) is 4.74 Å². The standard InChI is InChI=1S/C8H7O/c1-2-4-8-7(3-1)5-6-9-8/h2,4-5H,3,6H2. The van der Waals surface area contributed by atoms with Gasteiger partial charge in [-0.15, -0.1) is 0 Å². The van der Waals surface area contributed by atoms with E-state index >= 15 is 0 Å². The Balaban J connectivity index is 2.37. The summed E-state index contributed by atoms with van der Waals surface area (Å²) in [5.41, 5.74) is 1.29. The van der Waals surface area contributed by atoms with Crippen LogP contribution in [0.15, 0.2) is 29.6 Å². The lowest BCUT2D eigenvalue weighted by Gasteiger charge is -2.03. The summed E-state index contributed by atoms with van der Waals surface area (Å²) in [6, 6.07) is 0. The fourth-order valence-corrected chi connectivity index (χ4v) is 1.04. The van der Waals surface area contributed by atoms with Crippen molar-refractivity contribution in [3.63, 3.8) is 0 Å². The summed E-state index contributed by atoms with van der Waals surface area (Å²) in [5.74, 6) is 1.04. The molecule has 0 saturated heterocycles. The number of allylic oxidation sites excluding steroid dienone is 4. The Morgan fingerprint density at radius 2 is 2.56 bits per heavy atom. The first-order chi connectivity index (χ1) is 4.47. The van der Waals surface area contributed by atoms with Crippen LogP contribution in [0, 0.1) is 6.08 Å². The van der Waals surface area contributed by atoms with Gasteiger partial charge in [0, 0.05) is 6.42 Å². The molecule has 1 nitrogen and oxygen atoms in total. The molecule has 0 N–H and O–H groups in total. The molecule has 0 amide bonds. The normalized spacial score (nSPS) is 22.2. The summed E-state index contributed by atoms with van der Waals surface area (Å²) in [5, 5.41) is 0. The monoisotopic (exact) mass is 119 g/mol. The molecule has 0 atom stereocenters. The molecule has 2 rings (SSSR count). The van der Waals surface area contributed by atoms with Gasteiger partial charge in [0.25, 0.3) is 0 Å². The van der Waals surface area contributed by atoms with E-state index in [1.54, 1.807) is 0 Å². The van der Waals surface area contributed by atoms with E-state index in [0.29, 0.717) is 0 Å². The van der Waals surface area contributed by atoms with Gasteiger partial charge in [0.2, 0.25) is 0 Å². The number of ether oxygens (including phenoxy) is 1. The van der Waals surface area contributed by atoms with Gasteiger partial charge in [-0.3, -0.25) is 0 Å². The van der Waals surface area contributed by atoms with Crippen molar-refractivity contribution >= 4 is 0 Å². The van der Waals surface area contributed by atoms with Crippen LogP contribution in [0.25, 0.3) is 0 Å². The van der Waals surface area contributed by atoms with E-state index in [1.165, 1.54) is 5.57 Å². The van der Waals surface area contributed by atoms with Crippen LogP contribution in [-0.4, -0.2) is 6.61 Å². The number of hydrogen-bond acceptors (Lipinski definition) is 1. The molecule has 0 fully saturated rings. The molecule has 1 aliphatic heterocycles. The summed E-state index contributed by atoms with van der Waals surface area (Å²) < 4.78 is 5.25. The molecule has 0 spiro atoms. The first-order valence-electron chi connectivity index (χ1n) is 3.06. The Bertz CT molecular complexity index is 209. The molecule has 0 saturated carbocycles. The van der Waals surface area contributed by atoms with Crippen LogP contribution >= 0.6 is 0 Å². The van der Waals surface area contributed by atoms with Gasteiger partial charge in [-0.05, 0) is 23.8 Å². The zero-order chi connectivity index (χ0) is 6.10. The molecular weight excluding hydrogens is 112 g/mol. The smallest absolute Gasteiger partial charge is 0.123 e. The van der Waals surface area contributed by atoms with Crippen molar-refractivity contribution in [2.24, 2.45) is 0 Å². The van der Waals surface area contributed by atoms with E-state index in [1.807, 2.05) is 12.2 Å². The van der Waals surface area contributed by atoms with Crippen molar-refractivity contribution in [1.82, 2.24) is 0 Å². The molecule has 1 heteroatoms. The van der Waals surface area contributed by atoms with Crippen molar-refractivity contribution < 1.29 is 4.74 Å². The van der Waals surface area contributed by atoms with Crippen LogP contribution in [0.2, 0.25) is 0 Å². The average molecular weight is 119 g/mol. The Labute approximate surface area is 54.3 Å². The number of rotatable bonds is 0. The van der Waals surface area contributed by atoms with Gasteiger partial charge in [0.1, 0.15) is 12.4 Å². The van der Waals surface area contributed by atoms with Crippen LogP contribution in [0.4, 0.5) is 0 Å². The van der Waals surface area contributed by atoms with E-state index in [2.05, 4.69) is 12.2 Å². The highest BCUT2D eigenvalue weighted by Crippen LogP contribution is 2.24. The van der Waals surface area contributed by atoms with Gasteiger partial charge in [0.05, 0.1) is 0 Å². The van der Waals surface area contributed by atoms with Gasteiger partial charge < -0.3 is 4.74 Å². The minimum Gasteiger partial charge on any atom is -0.489 e. The topological polar surface area (TPSA) is 9.23 Å². The van der Waals surface area contributed by atoms with E-state index in [-0.39, 0.29) is 0 Å². The molecule has 45 valence electrons. The summed E-state index contributed by atoms with van der Waals surface area (Å²) in [6.45, 7) is 0.747. The van der Waals surface area contributed by atoms with Gasteiger partial charge in [-0.2, -0.15) is 0 Å². The fraction of sp³-hybridized carbons (Fsp3) is 0.250. The van der Waals surface area contributed by atoms with E-state index in [0.717, 1.165) is 18.8 Å². The Morgan fingerprint density at radius 3 is 3.44 bits per heavy atom. The summed E-state index contributed by atoms with van der Waals surface area (Å²) in [7, 11) is 0. The largest absolute Gasteiger partial charge is 0.489 e. The second-order valence-electron chi connectivity index (χ2n) is 2.12. The van der Waals surface area contributed by atoms with Crippen LogP contribution in [0.1, 0.15) is 6.42 Å². The van der Waals surface area contributed by atoms with E-state index < -0.39 is 0 Å². The van der Waals surface area contributed by atoms with E-state index in [9.17, 15) is 0 Å². The third-order valence-corrected chi connectivity index (χ3v) is 1.53. The lowest BCUT2D eigenvalue weighted by molar-refractivity contribution is 0.275. The van der Waals surface area contributed by atoms with Crippen LogP contribution in [0.3, 0.4) is 0 Å². The lowest BCUT2D eigenvalue weighted by Crippen LogP contribution is -1.88. The molecule has 1 radical (unpaired) electrons. The Morgan fingerprint density at radius 1 is 1.56 bits per heavy atom. The van der Waals surface area contributed by atoms with Gasteiger partial charge in [-0.25, -0.2) is 0 Å². The highest BCUT2D eigenvalue weighted by atomic mass is 16.5. The number of hydrogen-bond donors (Lipinski definition) is 0. The number of fused-ring (bicyclic) bond motifs is 1. The first-order valence-corrected chi connectivity index (χ1v) is 3.06. The van der Waals surface area contributed by atoms with Crippen molar-refractivity contribution in [3.8, 4) is 0 Å². The van der Waals surface area contributed by atoms with Crippen molar-refractivity contribution in [1.29, 1.82) is 0 Å². The lowest BCUT2D eigenvalue weighted by atomic mass is 10.1. The molecular formula is C8H7O. The predicted octanol–water partition coefficient (Wildman–Crippen LogP) is 1.59. The Kier molecular flexibility index (Phi) is 0.950. The van der Waals surface area contributed by atoms with Crippen molar-refractivity contribution in [2.75, 3.05) is 6.61 Å². The summed E-state index contributed by atoms with van der Waals surface area (Å²) >= 11 is 0. The van der Waals surface area contributed by atoms with Crippen molar-refractivity contribution in [3.05, 3.63) is 35.6 Å². The predicted molar refractivity (Wildman–Crippen MR) is 34.5 cm³/mol. The molecule has 0 aromatic carbocycles.